The van der Waals surface area contributed by atoms with Crippen molar-refractivity contribution in [2.45, 2.75) is 90.9 Å². The van der Waals surface area contributed by atoms with Crippen LogP contribution in [0.1, 0.15) is 90.9 Å². The molecule has 0 aromatic heterocycles. The smallest absolute Gasteiger partial charge is 0.119 e. The average Bonchev–Trinajstić information content (AvgIpc) is 3.01. The maximum Gasteiger partial charge on any atom is 0.119 e. The molecule has 3 heteroatoms. The molecule has 0 fully saturated rings. The molecule has 0 aromatic rings. The van der Waals surface area contributed by atoms with E-state index in [0.717, 1.165) is 20.0 Å². The Kier molecular flexibility index (Phi) is 13.1. The van der Waals surface area contributed by atoms with Gasteiger partial charge < -0.3 is 14.5 Å². The zero-order valence-electron chi connectivity index (χ0n) is 15.8. The first-order valence-corrected chi connectivity index (χ1v) is 10.1. The molecule has 136 valence electrons. The molecule has 23 heavy (non-hydrogen) atoms. The van der Waals surface area contributed by atoms with Crippen LogP contribution in [0.15, 0.2) is 12.4 Å². The average molecular weight is 325 g/mol. The Morgan fingerprint density at radius 1 is 0.696 bits per heavy atom. The molecular formula is C20H40N2O. The fourth-order valence-electron chi connectivity index (χ4n) is 3.01. The van der Waals surface area contributed by atoms with Crippen LogP contribution in [0.5, 0.6) is 0 Å². The lowest BCUT2D eigenvalue weighted by atomic mass is 10.1. The highest BCUT2D eigenvalue weighted by Crippen LogP contribution is 2.10. The third kappa shape index (κ3) is 11.5. The molecule has 1 aliphatic heterocycles. The van der Waals surface area contributed by atoms with Crippen LogP contribution in [0.3, 0.4) is 0 Å². The molecule has 0 atom stereocenters. The molecule has 1 rings (SSSR count). The number of ether oxygens (including phenoxy) is 1. The third-order valence-electron chi connectivity index (χ3n) is 4.55. The molecule has 3 nitrogen and oxygen atoms in total. The van der Waals surface area contributed by atoms with Crippen molar-refractivity contribution >= 4 is 0 Å². The molecule has 1 heterocycles. The lowest BCUT2D eigenvalue weighted by molar-refractivity contribution is 0.0423. The second-order valence-corrected chi connectivity index (χ2v) is 6.91. The lowest BCUT2D eigenvalue weighted by Gasteiger charge is -2.21. The van der Waals surface area contributed by atoms with Crippen LogP contribution in [0.2, 0.25) is 0 Å². The minimum absolute atomic E-state index is 0.748. The topological polar surface area (TPSA) is 15.7 Å². The summed E-state index contributed by atoms with van der Waals surface area (Å²) in [5.41, 5.74) is 0. The first kappa shape index (κ1) is 20.3. The first-order chi connectivity index (χ1) is 11.4. The molecule has 0 aromatic carbocycles. The van der Waals surface area contributed by atoms with Gasteiger partial charge in [-0.15, -0.1) is 0 Å². The highest BCUT2D eigenvalue weighted by Gasteiger charge is 2.11. The molecule has 0 spiro atoms. The van der Waals surface area contributed by atoms with Crippen molar-refractivity contribution < 1.29 is 4.74 Å². The van der Waals surface area contributed by atoms with Crippen LogP contribution < -0.4 is 0 Å². The minimum Gasteiger partial charge on any atom is -0.361 e. The molecule has 0 saturated carbocycles. The molecule has 0 bridgehead atoms. The van der Waals surface area contributed by atoms with Crippen molar-refractivity contribution in [3.05, 3.63) is 12.4 Å². The van der Waals surface area contributed by atoms with Gasteiger partial charge in [0.05, 0.1) is 6.67 Å². The van der Waals surface area contributed by atoms with Crippen molar-refractivity contribution in [2.75, 3.05) is 26.6 Å². The van der Waals surface area contributed by atoms with Gasteiger partial charge in [-0.1, -0.05) is 78.1 Å². The van der Waals surface area contributed by atoms with Gasteiger partial charge in [-0.2, -0.15) is 0 Å². The second kappa shape index (κ2) is 14.9. The van der Waals surface area contributed by atoms with E-state index in [-0.39, 0.29) is 0 Å². The molecule has 0 radical (unpaired) electrons. The Morgan fingerprint density at radius 2 is 1.26 bits per heavy atom. The van der Waals surface area contributed by atoms with Gasteiger partial charge in [-0.25, -0.2) is 0 Å². The van der Waals surface area contributed by atoms with Gasteiger partial charge in [0, 0.05) is 25.6 Å². The highest BCUT2D eigenvalue weighted by molar-refractivity contribution is 4.89. The van der Waals surface area contributed by atoms with E-state index in [1.807, 2.05) is 0 Å². The van der Waals surface area contributed by atoms with Gasteiger partial charge in [0.2, 0.25) is 0 Å². The molecule has 0 amide bonds. The maximum atomic E-state index is 5.80. The number of rotatable bonds is 16. The van der Waals surface area contributed by atoms with Gasteiger partial charge >= 0.3 is 0 Å². The van der Waals surface area contributed by atoms with E-state index < -0.39 is 0 Å². The minimum atomic E-state index is 0.748. The van der Waals surface area contributed by atoms with Crippen LogP contribution in [0, 0.1) is 0 Å². The van der Waals surface area contributed by atoms with Crippen molar-refractivity contribution in [1.29, 1.82) is 0 Å². The van der Waals surface area contributed by atoms with Crippen LogP contribution >= 0.6 is 0 Å². The molecule has 0 unspecified atom stereocenters. The largest absolute Gasteiger partial charge is 0.361 e. The Balaban J connectivity index is 1.83. The molecule has 0 N–H and O–H groups in total. The predicted molar refractivity (Wildman–Crippen MR) is 100 cm³/mol. The van der Waals surface area contributed by atoms with Gasteiger partial charge in [0.15, 0.2) is 0 Å². The summed E-state index contributed by atoms with van der Waals surface area (Å²) in [5.74, 6) is 0. The summed E-state index contributed by atoms with van der Waals surface area (Å²) in [6.07, 6.45) is 20.6. The number of nitrogens with zero attached hydrogens (tertiary/aromatic N) is 2. The van der Waals surface area contributed by atoms with Crippen LogP contribution in [-0.2, 0) is 4.74 Å². The summed E-state index contributed by atoms with van der Waals surface area (Å²) < 4.78 is 5.80. The van der Waals surface area contributed by atoms with E-state index in [4.69, 9.17) is 4.74 Å². The zero-order chi connectivity index (χ0) is 16.6. The Hall–Kier alpha value is -0.700. The van der Waals surface area contributed by atoms with Gasteiger partial charge in [-0.3, -0.25) is 0 Å². The lowest BCUT2D eigenvalue weighted by Crippen LogP contribution is -2.28. The summed E-state index contributed by atoms with van der Waals surface area (Å²) in [7, 11) is 0. The van der Waals surface area contributed by atoms with Crippen molar-refractivity contribution in [1.82, 2.24) is 9.80 Å². The van der Waals surface area contributed by atoms with Crippen molar-refractivity contribution in [3.8, 4) is 0 Å². The van der Waals surface area contributed by atoms with E-state index >= 15 is 0 Å². The SMILES string of the molecule is CCCCCCCCCCOCN1C=CN(CCCCCC)C1. The Labute approximate surface area is 145 Å². The van der Waals surface area contributed by atoms with Crippen LogP contribution in [0.4, 0.5) is 0 Å². The summed E-state index contributed by atoms with van der Waals surface area (Å²) in [4.78, 5) is 4.67. The Bertz CT molecular complexity index is 281. The molecule has 1 aliphatic rings. The fraction of sp³-hybridized carbons (Fsp3) is 0.900. The van der Waals surface area contributed by atoms with E-state index in [9.17, 15) is 0 Å². The number of hydrogen-bond donors (Lipinski definition) is 0. The quantitative estimate of drug-likeness (QED) is 0.337. The van der Waals surface area contributed by atoms with Gasteiger partial charge in [0.1, 0.15) is 6.73 Å². The highest BCUT2D eigenvalue weighted by atomic mass is 16.5. The second-order valence-electron chi connectivity index (χ2n) is 6.91. The maximum absolute atomic E-state index is 5.80. The number of unbranched alkanes of at least 4 members (excludes halogenated alkanes) is 10. The summed E-state index contributed by atoms with van der Waals surface area (Å²) in [5, 5.41) is 0. The standard InChI is InChI=1S/C20H40N2O/c1-3-5-7-9-10-11-12-14-18-23-20-22-17-16-21(19-22)15-13-8-6-4-2/h16-17H,3-15,18-20H2,1-2H3. The summed E-state index contributed by atoms with van der Waals surface area (Å²) in [6, 6.07) is 0. The third-order valence-corrected chi connectivity index (χ3v) is 4.55. The van der Waals surface area contributed by atoms with E-state index in [0.29, 0.717) is 0 Å². The molecule has 0 saturated heterocycles. The van der Waals surface area contributed by atoms with Gasteiger partial charge in [0.25, 0.3) is 0 Å². The van der Waals surface area contributed by atoms with E-state index in [1.54, 1.807) is 0 Å². The fourth-order valence-corrected chi connectivity index (χ4v) is 3.01. The summed E-state index contributed by atoms with van der Waals surface area (Å²) in [6.45, 7) is 8.39. The first-order valence-electron chi connectivity index (χ1n) is 10.1. The monoisotopic (exact) mass is 324 g/mol. The van der Waals surface area contributed by atoms with Gasteiger partial charge in [-0.05, 0) is 12.8 Å². The summed E-state index contributed by atoms with van der Waals surface area (Å²) >= 11 is 0. The van der Waals surface area contributed by atoms with Crippen LogP contribution in [-0.4, -0.2) is 36.4 Å². The van der Waals surface area contributed by atoms with Crippen molar-refractivity contribution in [3.63, 3.8) is 0 Å². The van der Waals surface area contributed by atoms with Crippen LogP contribution in [0.25, 0.3) is 0 Å². The predicted octanol–water partition coefficient (Wildman–Crippen LogP) is 5.73. The normalized spacial score (nSPS) is 14.2. The molecular weight excluding hydrogens is 284 g/mol. The van der Waals surface area contributed by atoms with E-state index in [2.05, 4.69) is 36.0 Å². The Morgan fingerprint density at radius 3 is 1.96 bits per heavy atom. The zero-order valence-corrected chi connectivity index (χ0v) is 15.8. The van der Waals surface area contributed by atoms with E-state index in [1.165, 1.54) is 83.6 Å². The number of hydrogen-bond acceptors (Lipinski definition) is 3. The molecule has 0 aliphatic carbocycles. The van der Waals surface area contributed by atoms with Crippen molar-refractivity contribution in [2.24, 2.45) is 0 Å².